The first kappa shape index (κ1) is 26.0. The van der Waals surface area contributed by atoms with Gasteiger partial charge in [0, 0.05) is 25.2 Å². The number of benzene rings is 1. The number of hydrogen-bond acceptors (Lipinski definition) is 7. The lowest BCUT2D eigenvalue weighted by atomic mass is 9.73. The van der Waals surface area contributed by atoms with Crippen molar-refractivity contribution in [2.75, 3.05) is 0 Å². The minimum atomic E-state index is -0.891. The number of ketones is 1. The monoisotopic (exact) mass is 513 g/mol. The fraction of sp³-hybridized carbons (Fsp3) is 0.533. The molecule has 0 N–H and O–H groups in total. The Morgan fingerprint density at radius 1 is 1.21 bits per heavy atom. The van der Waals surface area contributed by atoms with Crippen LogP contribution in [0.2, 0.25) is 0 Å². The molecule has 0 spiro atoms. The van der Waals surface area contributed by atoms with E-state index in [-0.39, 0.29) is 24.5 Å². The van der Waals surface area contributed by atoms with Gasteiger partial charge in [0.15, 0.2) is 11.6 Å². The van der Waals surface area contributed by atoms with E-state index in [0.717, 1.165) is 47.9 Å². The maximum atomic E-state index is 13.5. The van der Waals surface area contributed by atoms with Crippen LogP contribution in [0.1, 0.15) is 80.5 Å². The zero-order valence-electron chi connectivity index (χ0n) is 22.7. The summed E-state index contributed by atoms with van der Waals surface area (Å²) in [6, 6.07) is 8.59. The molecule has 0 bridgehead atoms. The van der Waals surface area contributed by atoms with Gasteiger partial charge in [-0.2, -0.15) is 10.2 Å². The average Bonchev–Trinajstić information content (AvgIpc) is 3.55. The summed E-state index contributed by atoms with van der Waals surface area (Å²) in [6.45, 7) is 7.80. The number of cyclic esters (lactones) is 1. The zero-order valence-corrected chi connectivity index (χ0v) is 22.7. The maximum absolute atomic E-state index is 13.5. The number of carbonyl (C=O) groups is 2. The standard InChI is InChI=1S/C30H35N5O3/c1-19-16-32-28-33-26(34-35(28)17-19)14-23-25(36)15-30(38-27(23)37,22-7-5-6-8-22)12-11-21-9-10-24(20(2)13-21)29(3,4)18-31/h9-10,13,16-17,22-23H,5-8,11-12,14-15H2,1-4H3. The van der Waals surface area contributed by atoms with E-state index in [2.05, 4.69) is 33.3 Å². The molecule has 2 aromatic heterocycles. The van der Waals surface area contributed by atoms with E-state index in [1.54, 1.807) is 10.7 Å². The first-order valence-corrected chi connectivity index (χ1v) is 13.5. The molecule has 2 unspecified atom stereocenters. The van der Waals surface area contributed by atoms with Gasteiger partial charge in [-0.1, -0.05) is 31.0 Å². The van der Waals surface area contributed by atoms with E-state index in [1.807, 2.05) is 40.0 Å². The molecule has 5 rings (SSSR count). The summed E-state index contributed by atoms with van der Waals surface area (Å²) in [5.41, 5.74) is 2.83. The number of esters is 1. The van der Waals surface area contributed by atoms with Gasteiger partial charge in [-0.05, 0) is 81.5 Å². The van der Waals surface area contributed by atoms with Crippen LogP contribution < -0.4 is 0 Å². The highest BCUT2D eigenvalue weighted by atomic mass is 16.6. The van der Waals surface area contributed by atoms with Crippen LogP contribution in [0.4, 0.5) is 0 Å². The van der Waals surface area contributed by atoms with Crippen LogP contribution >= 0.6 is 0 Å². The molecule has 1 saturated heterocycles. The highest BCUT2D eigenvalue weighted by Gasteiger charge is 2.51. The number of nitrogens with zero attached hydrogens (tertiary/aromatic N) is 5. The van der Waals surface area contributed by atoms with Gasteiger partial charge in [-0.15, -0.1) is 5.10 Å². The second-order valence-corrected chi connectivity index (χ2v) is 11.7. The van der Waals surface area contributed by atoms with Crippen LogP contribution in [0, 0.1) is 37.0 Å². The molecule has 2 fully saturated rings. The molecule has 198 valence electrons. The van der Waals surface area contributed by atoms with Crippen LogP contribution in [-0.2, 0) is 32.6 Å². The second kappa shape index (κ2) is 9.94. The number of fused-ring (bicyclic) bond motifs is 1. The van der Waals surface area contributed by atoms with Gasteiger partial charge in [0.1, 0.15) is 11.5 Å². The number of aryl methyl sites for hydroxylation is 3. The topological polar surface area (TPSA) is 110 Å². The van der Waals surface area contributed by atoms with E-state index in [4.69, 9.17) is 4.74 Å². The van der Waals surface area contributed by atoms with Gasteiger partial charge < -0.3 is 4.74 Å². The molecular weight excluding hydrogens is 478 g/mol. The predicted molar refractivity (Wildman–Crippen MR) is 141 cm³/mol. The number of nitriles is 1. The third-order valence-electron chi connectivity index (χ3n) is 8.38. The largest absolute Gasteiger partial charge is 0.458 e. The van der Waals surface area contributed by atoms with Crippen molar-refractivity contribution in [2.45, 2.75) is 90.1 Å². The summed E-state index contributed by atoms with van der Waals surface area (Å²) < 4.78 is 7.85. The minimum absolute atomic E-state index is 0.0848. The predicted octanol–water partition coefficient (Wildman–Crippen LogP) is 4.78. The lowest BCUT2D eigenvalue weighted by Gasteiger charge is -2.43. The van der Waals surface area contributed by atoms with E-state index in [1.165, 1.54) is 0 Å². The van der Waals surface area contributed by atoms with Gasteiger partial charge in [0.05, 0.1) is 11.5 Å². The van der Waals surface area contributed by atoms with Gasteiger partial charge in [0.25, 0.3) is 5.78 Å². The zero-order chi connectivity index (χ0) is 27.1. The van der Waals surface area contributed by atoms with E-state index < -0.39 is 22.9 Å². The molecule has 0 radical (unpaired) electrons. The van der Waals surface area contributed by atoms with Gasteiger partial charge in [0.2, 0.25) is 0 Å². The minimum Gasteiger partial charge on any atom is -0.458 e. The van der Waals surface area contributed by atoms with Crippen molar-refractivity contribution >= 4 is 17.5 Å². The van der Waals surface area contributed by atoms with Crippen LogP contribution in [0.3, 0.4) is 0 Å². The number of hydrogen-bond donors (Lipinski definition) is 0. The number of aromatic nitrogens is 4. The maximum Gasteiger partial charge on any atom is 0.317 e. The first-order valence-electron chi connectivity index (χ1n) is 13.5. The number of rotatable bonds is 7. The number of Topliss-reactive ketones (excluding diaryl/α,β-unsaturated/α-hetero) is 1. The molecule has 2 atom stereocenters. The van der Waals surface area contributed by atoms with Crippen molar-refractivity contribution in [3.8, 4) is 6.07 Å². The van der Waals surface area contributed by atoms with Crippen LogP contribution in [0.5, 0.6) is 0 Å². The average molecular weight is 514 g/mol. The Labute approximate surface area is 223 Å². The van der Waals surface area contributed by atoms with Crippen molar-refractivity contribution in [3.05, 3.63) is 58.7 Å². The Hall–Kier alpha value is -3.60. The Morgan fingerprint density at radius 3 is 2.66 bits per heavy atom. The smallest absolute Gasteiger partial charge is 0.317 e. The third-order valence-corrected chi connectivity index (χ3v) is 8.38. The molecule has 3 heterocycles. The van der Waals surface area contributed by atoms with Gasteiger partial charge in [-0.25, -0.2) is 9.50 Å². The highest BCUT2D eigenvalue weighted by Crippen LogP contribution is 2.45. The van der Waals surface area contributed by atoms with Crippen molar-refractivity contribution in [1.29, 1.82) is 5.26 Å². The SMILES string of the molecule is Cc1cnc2nc(CC3C(=O)CC(CCc4ccc(C(C)(C)C#N)c(C)c4)(C4CCCC4)OC3=O)nn2c1. The molecule has 1 aromatic carbocycles. The molecule has 8 nitrogen and oxygen atoms in total. The van der Waals surface area contributed by atoms with Crippen LogP contribution in [0.25, 0.3) is 5.78 Å². The molecule has 1 aliphatic carbocycles. The van der Waals surface area contributed by atoms with Crippen molar-refractivity contribution in [1.82, 2.24) is 19.6 Å². The van der Waals surface area contributed by atoms with E-state index >= 15 is 0 Å². The number of carbonyl (C=O) groups excluding carboxylic acids is 2. The summed E-state index contributed by atoms with van der Waals surface area (Å²) in [4.78, 5) is 35.5. The van der Waals surface area contributed by atoms with Gasteiger partial charge >= 0.3 is 5.97 Å². The Bertz CT molecular complexity index is 1410. The first-order chi connectivity index (χ1) is 18.1. The molecule has 38 heavy (non-hydrogen) atoms. The lowest BCUT2D eigenvalue weighted by Crippen LogP contribution is -2.52. The molecule has 0 amide bonds. The summed E-state index contributed by atoms with van der Waals surface area (Å²) in [5.74, 6) is -0.381. The fourth-order valence-corrected chi connectivity index (χ4v) is 6.26. The molecule has 1 saturated carbocycles. The van der Waals surface area contributed by atoms with Gasteiger partial charge in [-0.3, -0.25) is 9.59 Å². The van der Waals surface area contributed by atoms with Crippen molar-refractivity contribution < 1.29 is 14.3 Å². The highest BCUT2D eigenvalue weighted by molar-refractivity contribution is 6.01. The Kier molecular flexibility index (Phi) is 6.81. The fourth-order valence-electron chi connectivity index (χ4n) is 6.26. The van der Waals surface area contributed by atoms with Crippen LogP contribution in [-0.4, -0.2) is 36.9 Å². The number of ether oxygens (including phenoxy) is 1. The van der Waals surface area contributed by atoms with Crippen molar-refractivity contribution in [2.24, 2.45) is 11.8 Å². The summed E-state index contributed by atoms with van der Waals surface area (Å²) in [7, 11) is 0. The van der Waals surface area contributed by atoms with Crippen LogP contribution in [0.15, 0.2) is 30.6 Å². The second-order valence-electron chi connectivity index (χ2n) is 11.7. The Morgan fingerprint density at radius 2 is 1.97 bits per heavy atom. The van der Waals surface area contributed by atoms with Crippen molar-refractivity contribution in [3.63, 3.8) is 0 Å². The summed E-state index contributed by atoms with van der Waals surface area (Å²) in [5, 5.41) is 14.0. The van der Waals surface area contributed by atoms with E-state index in [0.29, 0.717) is 24.4 Å². The normalized spacial score (nSPS) is 22.6. The third kappa shape index (κ3) is 4.94. The van der Waals surface area contributed by atoms with E-state index in [9.17, 15) is 14.9 Å². The summed E-state index contributed by atoms with van der Waals surface area (Å²) >= 11 is 0. The molecule has 3 aromatic rings. The Balaban J connectivity index is 1.34. The molecule has 1 aliphatic heterocycles. The lowest BCUT2D eigenvalue weighted by molar-refractivity contribution is -0.185. The summed E-state index contributed by atoms with van der Waals surface area (Å²) in [6.07, 6.45) is 9.33. The molecule has 8 heteroatoms. The molecule has 2 aliphatic rings. The quantitative estimate of drug-likeness (QED) is 0.330. The molecular formula is C30H35N5O3.